The highest BCUT2D eigenvalue weighted by atomic mass is 16.5. The van der Waals surface area contributed by atoms with Crippen molar-refractivity contribution in [1.82, 2.24) is 5.32 Å². The van der Waals surface area contributed by atoms with Crippen LogP contribution in [0.25, 0.3) is 0 Å². The van der Waals surface area contributed by atoms with E-state index >= 15 is 0 Å². The Balaban J connectivity index is 3.10. The zero-order valence-corrected chi connectivity index (χ0v) is 13.5. The van der Waals surface area contributed by atoms with E-state index < -0.39 is 0 Å². The largest absolute Gasteiger partial charge is 0.496 e. The highest BCUT2D eigenvalue weighted by Gasteiger charge is 2.24. The number of ether oxygens (including phenoxy) is 2. The van der Waals surface area contributed by atoms with Crippen LogP contribution in [0.3, 0.4) is 0 Å². The number of aryl methyl sites for hydroxylation is 1. The quantitative estimate of drug-likeness (QED) is 0.744. The van der Waals surface area contributed by atoms with Gasteiger partial charge < -0.3 is 14.8 Å². The number of benzene rings is 1. The maximum atomic E-state index is 5.73. The van der Waals surface area contributed by atoms with Crippen molar-refractivity contribution >= 4 is 0 Å². The van der Waals surface area contributed by atoms with Crippen molar-refractivity contribution in [3.63, 3.8) is 0 Å². The Morgan fingerprint density at radius 2 is 1.90 bits per heavy atom. The van der Waals surface area contributed by atoms with E-state index in [1.54, 1.807) is 14.2 Å². The van der Waals surface area contributed by atoms with Gasteiger partial charge in [-0.05, 0) is 32.4 Å². The maximum Gasteiger partial charge on any atom is 0.123 e. The lowest BCUT2D eigenvalue weighted by molar-refractivity contribution is 0.0598. The third-order valence-corrected chi connectivity index (χ3v) is 3.58. The summed E-state index contributed by atoms with van der Waals surface area (Å²) < 4.78 is 11.3. The first-order chi connectivity index (χ1) is 9.67. The Morgan fingerprint density at radius 1 is 1.15 bits per heavy atom. The van der Waals surface area contributed by atoms with Crippen molar-refractivity contribution in [2.24, 2.45) is 0 Å². The third kappa shape index (κ3) is 4.50. The van der Waals surface area contributed by atoms with Crippen LogP contribution in [0, 0.1) is 6.92 Å². The molecule has 0 aromatic heterocycles. The van der Waals surface area contributed by atoms with E-state index in [1.165, 1.54) is 11.1 Å². The SMILES string of the molecule is CCCNC(c1cc(C)ccc1OC)C(CCC)OC. The molecular weight excluding hydrogens is 250 g/mol. The number of nitrogens with one attached hydrogen (secondary N) is 1. The normalized spacial score (nSPS) is 14.1. The predicted octanol–water partition coefficient (Wildman–Crippen LogP) is 3.86. The van der Waals surface area contributed by atoms with Crippen LogP contribution in [0.1, 0.15) is 50.3 Å². The fourth-order valence-electron chi connectivity index (χ4n) is 2.54. The fraction of sp³-hybridized carbons (Fsp3) is 0.647. The number of methoxy groups -OCH3 is 2. The smallest absolute Gasteiger partial charge is 0.123 e. The van der Waals surface area contributed by atoms with E-state index in [0.29, 0.717) is 0 Å². The molecule has 0 spiro atoms. The van der Waals surface area contributed by atoms with Crippen molar-refractivity contribution in [2.45, 2.75) is 52.2 Å². The van der Waals surface area contributed by atoms with E-state index in [0.717, 1.165) is 31.6 Å². The molecule has 0 heterocycles. The van der Waals surface area contributed by atoms with E-state index in [4.69, 9.17) is 9.47 Å². The minimum absolute atomic E-state index is 0.169. The van der Waals surface area contributed by atoms with Gasteiger partial charge in [-0.2, -0.15) is 0 Å². The Hall–Kier alpha value is -1.06. The average Bonchev–Trinajstić information content (AvgIpc) is 2.46. The van der Waals surface area contributed by atoms with Gasteiger partial charge in [0.1, 0.15) is 5.75 Å². The highest BCUT2D eigenvalue weighted by Crippen LogP contribution is 2.31. The zero-order chi connectivity index (χ0) is 15.0. The van der Waals surface area contributed by atoms with Crippen LogP contribution in [-0.2, 0) is 4.74 Å². The Kier molecular flexibility index (Phi) is 7.63. The van der Waals surface area contributed by atoms with Crippen LogP contribution in [0.5, 0.6) is 5.75 Å². The topological polar surface area (TPSA) is 30.5 Å². The Morgan fingerprint density at radius 3 is 2.45 bits per heavy atom. The van der Waals surface area contributed by atoms with E-state index in [2.05, 4.69) is 38.2 Å². The standard InChI is InChI=1S/C17H29NO2/c1-6-8-16(20-5)17(18-11-7-2)14-12-13(3)9-10-15(14)19-4/h9-10,12,16-18H,6-8,11H2,1-5H3. The van der Waals surface area contributed by atoms with Crippen LogP contribution >= 0.6 is 0 Å². The highest BCUT2D eigenvalue weighted by molar-refractivity contribution is 5.39. The van der Waals surface area contributed by atoms with Crippen molar-refractivity contribution in [2.75, 3.05) is 20.8 Å². The Bertz CT molecular complexity index is 393. The maximum absolute atomic E-state index is 5.73. The first kappa shape index (κ1) is 17.0. The lowest BCUT2D eigenvalue weighted by Crippen LogP contribution is -2.34. The van der Waals surface area contributed by atoms with Gasteiger partial charge in [0.15, 0.2) is 0 Å². The molecule has 1 aromatic rings. The summed E-state index contributed by atoms with van der Waals surface area (Å²) in [7, 11) is 3.52. The van der Waals surface area contributed by atoms with E-state index in [9.17, 15) is 0 Å². The van der Waals surface area contributed by atoms with Gasteiger partial charge in [-0.3, -0.25) is 0 Å². The molecule has 0 amide bonds. The van der Waals surface area contributed by atoms with Crippen molar-refractivity contribution in [3.05, 3.63) is 29.3 Å². The van der Waals surface area contributed by atoms with Gasteiger partial charge in [0.2, 0.25) is 0 Å². The van der Waals surface area contributed by atoms with Crippen LogP contribution in [0.4, 0.5) is 0 Å². The summed E-state index contributed by atoms with van der Waals surface area (Å²) in [5, 5.41) is 3.62. The molecule has 0 aliphatic heterocycles. The molecule has 1 N–H and O–H groups in total. The second-order valence-corrected chi connectivity index (χ2v) is 5.24. The van der Waals surface area contributed by atoms with Gasteiger partial charge in [-0.25, -0.2) is 0 Å². The van der Waals surface area contributed by atoms with Gasteiger partial charge in [0.05, 0.1) is 19.3 Å². The molecule has 0 bridgehead atoms. The van der Waals surface area contributed by atoms with Gasteiger partial charge in [0, 0.05) is 12.7 Å². The summed E-state index contributed by atoms with van der Waals surface area (Å²) in [4.78, 5) is 0. The number of rotatable bonds is 9. The molecule has 0 saturated carbocycles. The van der Waals surface area contributed by atoms with Gasteiger partial charge in [-0.1, -0.05) is 38.0 Å². The summed E-state index contributed by atoms with van der Waals surface area (Å²) in [5.41, 5.74) is 2.44. The minimum atomic E-state index is 0.169. The third-order valence-electron chi connectivity index (χ3n) is 3.58. The van der Waals surface area contributed by atoms with E-state index in [1.807, 2.05) is 6.07 Å². The molecule has 2 atom stereocenters. The first-order valence-electron chi connectivity index (χ1n) is 7.58. The lowest BCUT2D eigenvalue weighted by atomic mass is 9.95. The summed E-state index contributed by atoms with van der Waals surface area (Å²) in [5.74, 6) is 0.933. The molecule has 0 aliphatic carbocycles. The van der Waals surface area contributed by atoms with Crippen molar-refractivity contribution in [3.8, 4) is 5.75 Å². The Labute approximate surface area is 123 Å². The summed E-state index contributed by atoms with van der Waals surface area (Å²) >= 11 is 0. The molecule has 0 saturated heterocycles. The van der Waals surface area contributed by atoms with E-state index in [-0.39, 0.29) is 12.1 Å². The summed E-state index contributed by atoms with van der Waals surface area (Å²) in [6.07, 6.45) is 3.42. The summed E-state index contributed by atoms with van der Waals surface area (Å²) in [6.45, 7) is 7.46. The zero-order valence-electron chi connectivity index (χ0n) is 13.5. The van der Waals surface area contributed by atoms with Crippen molar-refractivity contribution in [1.29, 1.82) is 0 Å². The van der Waals surface area contributed by atoms with Crippen LogP contribution < -0.4 is 10.1 Å². The summed E-state index contributed by atoms with van der Waals surface area (Å²) in [6, 6.07) is 6.51. The number of hydrogen-bond donors (Lipinski definition) is 1. The molecule has 0 aliphatic rings. The van der Waals surface area contributed by atoms with Crippen LogP contribution in [0.15, 0.2) is 18.2 Å². The average molecular weight is 279 g/mol. The molecule has 0 radical (unpaired) electrons. The second kappa shape index (κ2) is 8.98. The number of hydrogen-bond acceptors (Lipinski definition) is 3. The molecule has 0 fully saturated rings. The first-order valence-corrected chi connectivity index (χ1v) is 7.58. The van der Waals surface area contributed by atoms with Crippen LogP contribution in [-0.4, -0.2) is 26.9 Å². The fourth-order valence-corrected chi connectivity index (χ4v) is 2.54. The van der Waals surface area contributed by atoms with Gasteiger partial charge >= 0.3 is 0 Å². The molecule has 20 heavy (non-hydrogen) atoms. The van der Waals surface area contributed by atoms with Gasteiger partial charge in [-0.15, -0.1) is 0 Å². The predicted molar refractivity (Wildman–Crippen MR) is 84.5 cm³/mol. The van der Waals surface area contributed by atoms with Crippen molar-refractivity contribution < 1.29 is 9.47 Å². The molecule has 1 aromatic carbocycles. The molecule has 3 heteroatoms. The second-order valence-electron chi connectivity index (χ2n) is 5.24. The molecule has 114 valence electrons. The lowest BCUT2D eigenvalue weighted by Gasteiger charge is -2.29. The molecular formula is C17H29NO2. The monoisotopic (exact) mass is 279 g/mol. The molecule has 1 rings (SSSR count). The van der Waals surface area contributed by atoms with Gasteiger partial charge in [0.25, 0.3) is 0 Å². The molecule has 2 unspecified atom stereocenters. The van der Waals surface area contributed by atoms with Crippen LogP contribution in [0.2, 0.25) is 0 Å². The minimum Gasteiger partial charge on any atom is -0.496 e. The molecule has 3 nitrogen and oxygen atoms in total.